The van der Waals surface area contributed by atoms with Crippen molar-refractivity contribution >= 4 is 41.2 Å². The van der Waals surface area contributed by atoms with Gasteiger partial charge in [-0.05, 0) is 26.0 Å². The van der Waals surface area contributed by atoms with Gasteiger partial charge in [-0.1, -0.05) is 29.8 Å². The van der Waals surface area contributed by atoms with E-state index < -0.39 is 18.3 Å². The molecule has 3 N–H and O–H groups in total. The van der Waals surface area contributed by atoms with Gasteiger partial charge in [-0.3, -0.25) is 0 Å². The van der Waals surface area contributed by atoms with Crippen molar-refractivity contribution in [1.82, 2.24) is 15.4 Å². The largest absolute Gasteiger partial charge is 0.463 e. The Balaban J connectivity index is 2.25. The van der Waals surface area contributed by atoms with E-state index in [-0.39, 0.29) is 16.9 Å². The number of carboxylic acid groups (broad SMARTS) is 1. The van der Waals surface area contributed by atoms with Crippen molar-refractivity contribution < 1.29 is 19.4 Å². The molecule has 0 radical (unpaired) electrons. The average Bonchev–Trinajstić information content (AvgIpc) is 2.52. The van der Waals surface area contributed by atoms with Crippen LogP contribution in [0.3, 0.4) is 0 Å². The summed E-state index contributed by atoms with van der Waals surface area (Å²) in [6, 6.07) is 10.2. The molecule has 0 spiro atoms. The molecule has 0 saturated carbocycles. The molecule has 1 aromatic carbocycles. The molecule has 0 bridgehead atoms. The molecule has 1 aromatic heterocycles. The lowest BCUT2D eigenvalue weighted by molar-refractivity contribution is 0.113. The van der Waals surface area contributed by atoms with Crippen LogP contribution in [0.5, 0.6) is 0 Å². The number of nitrogens with one attached hydrogen (secondary N) is 2. The van der Waals surface area contributed by atoms with Crippen molar-refractivity contribution in [2.24, 2.45) is 0 Å². The SMILES string of the molecule is CC(C)OC(=O)NN(C(=O)O)c1cc(Cl)nc(Nc2ccccc2)n1. The first kappa shape index (κ1) is 18.3. The summed E-state index contributed by atoms with van der Waals surface area (Å²) in [5.74, 6) is -0.0781. The van der Waals surface area contributed by atoms with E-state index in [2.05, 4.69) is 20.7 Å². The fraction of sp³-hybridized carbons (Fsp3) is 0.200. The number of amides is 2. The average molecular weight is 366 g/mol. The molecule has 25 heavy (non-hydrogen) atoms. The molecule has 2 aromatic rings. The Morgan fingerprint density at radius 1 is 1.24 bits per heavy atom. The predicted molar refractivity (Wildman–Crippen MR) is 92.0 cm³/mol. The molecule has 0 aliphatic rings. The van der Waals surface area contributed by atoms with Gasteiger partial charge in [0.2, 0.25) is 5.95 Å². The second-order valence-electron chi connectivity index (χ2n) is 5.05. The minimum absolute atomic E-state index is 0.00583. The number of ether oxygens (including phenoxy) is 1. The summed E-state index contributed by atoms with van der Waals surface area (Å²) in [6.07, 6.45) is -2.83. The predicted octanol–water partition coefficient (Wildman–Crippen LogP) is 3.41. The molecular weight excluding hydrogens is 350 g/mol. The van der Waals surface area contributed by atoms with Gasteiger partial charge < -0.3 is 15.2 Å². The number of hydrogen-bond acceptors (Lipinski definition) is 6. The smallest absolute Gasteiger partial charge is 0.432 e. The summed E-state index contributed by atoms with van der Waals surface area (Å²) in [5, 5.41) is 12.7. The fourth-order valence-electron chi connectivity index (χ4n) is 1.76. The van der Waals surface area contributed by atoms with Crippen LogP contribution in [0.1, 0.15) is 13.8 Å². The lowest BCUT2D eigenvalue weighted by Crippen LogP contribution is -2.47. The van der Waals surface area contributed by atoms with E-state index in [9.17, 15) is 14.7 Å². The number of rotatable bonds is 4. The van der Waals surface area contributed by atoms with E-state index in [0.29, 0.717) is 10.7 Å². The number of para-hydroxylation sites is 1. The highest BCUT2D eigenvalue weighted by Crippen LogP contribution is 2.20. The van der Waals surface area contributed by atoms with Crippen LogP contribution in [-0.4, -0.2) is 33.4 Å². The van der Waals surface area contributed by atoms with Gasteiger partial charge in [0.1, 0.15) is 5.15 Å². The zero-order valence-electron chi connectivity index (χ0n) is 13.4. The highest BCUT2D eigenvalue weighted by molar-refractivity contribution is 6.29. The molecule has 2 rings (SSSR count). The normalized spacial score (nSPS) is 10.2. The molecule has 1 heterocycles. The second-order valence-corrected chi connectivity index (χ2v) is 5.43. The van der Waals surface area contributed by atoms with Gasteiger partial charge in [-0.15, -0.1) is 0 Å². The molecule has 0 fully saturated rings. The molecule has 0 atom stereocenters. The van der Waals surface area contributed by atoms with Crippen molar-refractivity contribution in [2.45, 2.75) is 20.0 Å². The van der Waals surface area contributed by atoms with E-state index in [1.807, 2.05) is 6.07 Å². The van der Waals surface area contributed by atoms with Gasteiger partial charge in [0.15, 0.2) is 5.82 Å². The summed E-state index contributed by atoms with van der Waals surface area (Å²) in [5.41, 5.74) is 2.76. The Morgan fingerprint density at radius 3 is 2.52 bits per heavy atom. The Hall–Kier alpha value is -3.07. The van der Waals surface area contributed by atoms with Crippen molar-refractivity contribution in [1.29, 1.82) is 0 Å². The molecule has 0 unspecified atom stereocenters. The zero-order valence-corrected chi connectivity index (χ0v) is 14.2. The van der Waals surface area contributed by atoms with Gasteiger partial charge in [0, 0.05) is 11.8 Å². The highest BCUT2D eigenvalue weighted by Gasteiger charge is 2.21. The van der Waals surface area contributed by atoms with Gasteiger partial charge in [-0.25, -0.2) is 20.0 Å². The van der Waals surface area contributed by atoms with Gasteiger partial charge in [0.25, 0.3) is 0 Å². The third kappa shape index (κ3) is 5.50. The van der Waals surface area contributed by atoms with Crippen LogP contribution in [-0.2, 0) is 4.74 Å². The maximum atomic E-state index is 11.7. The quantitative estimate of drug-likeness (QED) is 0.561. The number of aromatic nitrogens is 2. The number of anilines is 3. The van der Waals surface area contributed by atoms with Crippen molar-refractivity contribution in [3.63, 3.8) is 0 Å². The van der Waals surface area contributed by atoms with E-state index in [1.54, 1.807) is 38.1 Å². The molecule has 10 heteroatoms. The number of carbonyl (C=O) groups is 2. The van der Waals surface area contributed by atoms with Crippen LogP contribution >= 0.6 is 11.6 Å². The Labute approximate surface area is 148 Å². The van der Waals surface area contributed by atoms with Crippen molar-refractivity contribution in [3.05, 3.63) is 41.6 Å². The number of nitrogens with zero attached hydrogens (tertiary/aromatic N) is 3. The summed E-state index contributed by atoms with van der Waals surface area (Å²) >= 11 is 5.93. The molecule has 132 valence electrons. The molecular formula is C15H16ClN5O4. The Morgan fingerprint density at radius 2 is 1.92 bits per heavy atom. The number of carbonyl (C=O) groups excluding carboxylic acids is 1. The fourth-order valence-corrected chi connectivity index (χ4v) is 1.94. The number of hydrazine groups is 1. The first-order chi connectivity index (χ1) is 11.8. The van der Waals surface area contributed by atoms with E-state index in [0.717, 1.165) is 0 Å². The van der Waals surface area contributed by atoms with Crippen molar-refractivity contribution in [2.75, 3.05) is 10.3 Å². The van der Waals surface area contributed by atoms with Crippen LogP contribution in [0.25, 0.3) is 0 Å². The second kappa shape index (κ2) is 8.15. The summed E-state index contributed by atoms with van der Waals surface area (Å²) < 4.78 is 4.86. The van der Waals surface area contributed by atoms with Crippen LogP contribution in [0, 0.1) is 0 Å². The molecule has 0 saturated heterocycles. The third-order valence-corrected chi connectivity index (χ3v) is 2.87. The topological polar surface area (TPSA) is 117 Å². The van der Waals surface area contributed by atoms with Crippen LogP contribution in [0.2, 0.25) is 5.15 Å². The molecule has 2 amide bonds. The summed E-state index contributed by atoms with van der Waals surface area (Å²) in [6.45, 7) is 3.27. The van der Waals surface area contributed by atoms with E-state index in [1.165, 1.54) is 6.07 Å². The zero-order chi connectivity index (χ0) is 18.4. The first-order valence-corrected chi connectivity index (χ1v) is 7.60. The lowest BCUT2D eigenvalue weighted by Gasteiger charge is -2.20. The molecule has 9 nitrogen and oxygen atoms in total. The summed E-state index contributed by atoms with van der Waals surface area (Å²) in [4.78, 5) is 31.1. The first-order valence-electron chi connectivity index (χ1n) is 7.22. The Kier molecular flexibility index (Phi) is 5.96. The van der Waals surface area contributed by atoms with Crippen LogP contribution < -0.4 is 15.8 Å². The molecule has 0 aliphatic heterocycles. The van der Waals surface area contributed by atoms with E-state index >= 15 is 0 Å². The maximum Gasteiger partial charge on any atom is 0.432 e. The number of hydrogen-bond donors (Lipinski definition) is 3. The monoisotopic (exact) mass is 365 g/mol. The van der Waals surface area contributed by atoms with Gasteiger partial charge >= 0.3 is 12.2 Å². The highest BCUT2D eigenvalue weighted by atomic mass is 35.5. The maximum absolute atomic E-state index is 11.7. The minimum Gasteiger partial charge on any atom is -0.463 e. The number of halogens is 1. The number of benzene rings is 1. The standard InChI is InChI=1S/C15H16ClN5O4/c1-9(2)25-14(22)20-21(15(23)24)12-8-11(16)18-13(19-12)17-10-6-4-3-5-7-10/h3-9H,1-2H3,(H,20,22)(H,23,24)(H,17,18,19). The van der Waals surface area contributed by atoms with Gasteiger partial charge in [0.05, 0.1) is 6.10 Å². The van der Waals surface area contributed by atoms with Crippen LogP contribution in [0.15, 0.2) is 36.4 Å². The Bertz CT molecular complexity index is 757. The third-order valence-electron chi connectivity index (χ3n) is 2.68. The van der Waals surface area contributed by atoms with Gasteiger partial charge in [-0.2, -0.15) is 9.99 Å². The summed E-state index contributed by atoms with van der Waals surface area (Å²) in [7, 11) is 0. The van der Waals surface area contributed by atoms with Crippen molar-refractivity contribution in [3.8, 4) is 0 Å². The van der Waals surface area contributed by atoms with E-state index in [4.69, 9.17) is 16.3 Å². The minimum atomic E-state index is -1.47. The molecule has 0 aliphatic carbocycles. The lowest BCUT2D eigenvalue weighted by atomic mass is 10.3. The van der Waals surface area contributed by atoms with Crippen LogP contribution in [0.4, 0.5) is 27.0 Å².